The molecule has 0 heterocycles. The van der Waals surface area contributed by atoms with E-state index in [1.807, 2.05) is 7.85 Å². The van der Waals surface area contributed by atoms with Crippen LogP contribution >= 0.6 is 0 Å². The molecule has 0 N–H and O–H groups in total. The van der Waals surface area contributed by atoms with Gasteiger partial charge in [0, 0.05) is 0 Å². The lowest BCUT2D eigenvalue weighted by Crippen LogP contribution is -2.04. The second-order valence-electron chi connectivity index (χ2n) is 2.55. The van der Waals surface area contributed by atoms with Crippen LogP contribution in [0.2, 0.25) is 0 Å². The smallest absolute Gasteiger partial charge is 0.166 e. The molecule has 0 nitrogen and oxygen atoms in total. The lowest BCUT2D eigenvalue weighted by molar-refractivity contribution is -0.137. The molecule has 0 aliphatic heterocycles. The molecule has 0 radical (unpaired) electrons. The highest BCUT2D eigenvalue weighted by Crippen LogP contribution is 2.28. The molecule has 0 saturated heterocycles. The predicted octanol–water partition coefficient (Wildman–Crippen LogP) is 1.84. The molecule has 0 aliphatic rings. The highest BCUT2D eigenvalue weighted by atomic mass is 19.4. The van der Waals surface area contributed by atoms with Crippen LogP contribution in [0.3, 0.4) is 0 Å². The Morgan fingerprint density at radius 2 is 1.58 bits per heavy atom. The number of alkyl halides is 3. The van der Waals surface area contributed by atoms with Gasteiger partial charge in [-0.25, -0.2) is 0 Å². The molecule has 1 aromatic rings. The number of benzene rings is 1. The number of halogens is 3. The van der Waals surface area contributed by atoms with E-state index in [1.54, 1.807) is 0 Å². The molecule has 0 amide bonds. The summed E-state index contributed by atoms with van der Waals surface area (Å²) in [6.07, 6.45) is -3.45. The fourth-order valence-electron chi connectivity index (χ4n) is 0.929. The van der Waals surface area contributed by atoms with Gasteiger partial charge in [0.05, 0.1) is 5.56 Å². The quantitative estimate of drug-likeness (QED) is 0.567. The van der Waals surface area contributed by atoms with Gasteiger partial charge in [-0.2, -0.15) is 13.2 Å². The van der Waals surface area contributed by atoms with Crippen molar-refractivity contribution in [1.29, 1.82) is 0 Å². The van der Waals surface area contributed by atoms with E-state index in [0.29, 0.717) is 0 Å². The van der Waals surface area contributed by atoms with Crippen LogP contribution in [0.15, 0.2) is 24.3 Å². The molecule has 0 saturated carbocycles. The fraction of sp³-hybridized carbons (Fsp3) is 0.250. The fourth-order valence-corrected chi connectivity index (χ4v) is 0.929. The summed E-state index contributed by atoms with van der Waals surface area (Å²) >= 11 is 0. The highest BCUT2D eigenvalue weighted by Gasteiger charge is 2.29. The number of hydrogen-bond donors (Lipinski definition) is 0. The zero-order chi connectivity index (χ0) is 9.19. The van der Waals surface area contributed by atoms with Gasteiger partial charge in [-0.05, 0) is 12.1 Å². The van der Waals surface area contributed by atoms with Crippen molar-refractivity contribution in [2.75, 3.05) is 0 Å². The Labute approximate surface area is 69.8 Å². The van der Waals surface area contributed by atoms with Crippen molar-refractivity contribution >= 4 is 7.85 Å². The Morgan fingerprint density at radius 1 is 1.08 bits per heavy atom. The maximum absolute atomic E-state index is 12.0. The molecule has 0 spiro atoms. The summed E-state index contributed by atoms with van der Waals surface area (Å²) in [5.74, 6) is 0. The maximum Gasteiger partial charge on any atom is 0.416 e. The molecule has 0 atom stereocenters. The van der Waals surface area contributed by atoms with Gasteiger partial charge in [-0.1, -0.05) is 24.0 Å². The molecule has 0 unspecified atom stereocenters. The van der Waals surface area contributed by atoms with Crippen LogP contribution in [-0.4, -0.2) is 7.85 Å². The lowest BCUT2D eigenvalue weighted by atomic mass is 9.96. The molecule has 0 fully saturated rings. The third kappa shape index (κ3) is 2.03. The van der Waals surface area contributed by atoms with Crippen molar-refractivity contribution in [3.8, 4) is 0 Å². The molecule has 0 bridgehead atoms. The van der Waals surface area contributed by atoms with Crippen molar-refractivity contribution in [1.82, 2.24) is 0 Å². The van der Waals surface area contributed by atoms with Crippen LogP contribution in [0, 0.1) is 0 Å². The normalized spacial score (nSPS) is 11.6. The van der Waals surface area contributed by atoms with Gasteiger partial charge >= 0.3 is 6.18 Å². The van der Waals surface area contributed by atoms with Crippen molar-refractivity contribution < 1.29 is 13.2 Å². The first-order chi connectivity index (χ1) is 5.54. The Bertz CT molecular complexity index is 250. The maximum atomic E-state index is 12.0. The average Bonchev–Trinajstić information content (AvgIpc) is 2.03. The van der Waals surface area contributed by atoms with E-state index in [1.165, 1.54) is 12.1 Å². The summed E-state index contributed by atoms with van der Waals surface area (Å²) in [5.41, 5.74) is 0.336. The van der Waals surface area contributed by atoms with E-state index >= 15 is 0 Å². The first-order valence-electron chi connectivity index (χ1n) is 3.70. The van der Waals surface area contributed by atoms with Crippen LogP contribution in [0.1, 0.15) is 11.1 Å². The van der Waals surface area contributed by atoms with E-state index in [0.717, 1.165) is 24.0 Å². The predicted molar refractivity (Wildman–Crippen MR) is 43.7 cm³/mol. The standard InChI is InChI=1S/C8H8BF3/c9-5-6-1-3-7(4-2-6)8(10,11)12/h1-4H,5,9H2. The van der Waals surface area contributed by atoms with Crippen molar-refractivity contribution in [2.24, 2.45) is 0 Å². The lowest BCUT2D eigenvalue weighted by Gasteiger charge is -2.06. The van der Waals surface area contributed by atoms with Crippen LogP contribution in [0.4, 0.5) is 13.2 Å². The van der Waals surface area contributed by atoms with Gasteiger partial charge in [0.2, 0.25) is 0 Å². The molecular weight excluding hydrogens is 164 g/mol. The van der Waals surface area contributed by atoms with E-state index in [4.69, 9.17) is 0 Å². The third-order valence-corrected chi connectivity index (χ3v) is 1.69. The van der Waals surface area contributed by atoms with Crippen LogP contribution < -0.4 is 0 Å². The molecule has 64 valence electrons. The number of hydrogen-bond acceptors (Lipinski definition) is 0. The molecule has 12 heavy (non-hydrogen) atoms. The van der Waals surface area contributed by atoms with Gasteiger partial charge in [0.25, 0.3) is 0 Å². The Balaban J connectivity index is 2.93. The largest absolute Gasteiger partial charge is 0.416 e. The monoisotopic (exact) mass is 172 g/mol. The van der Waals surface area contributed by atoms with Gasteiger partial charge in [-0.3, -0.25) is 0 Å². The molecule has 4 heteroatoms. The van der Waals surface area contributed by atoms with Crippen LogP contribution in [-0.2, 0) is 12.5 Å². The second-order valence-corrected chi connectivity index (χ2v) is 2.55. The Morgan fingerprint density at radius 3 is 1.92 bits per heavy atom. The zero-order valence-electron chi connectivity index (χ0n) is 6.65. The van der Waals surface area contributed by atoms with Gasteiger partial charge in [0.15, 0.2) is 0 Å². The zero-order valence-corrected chi connectivity index (χ0v) is 6.65. The summed E-state index contributed by atoms with van der Waals surface area (Å²) in [4.78, 5) is 0. The van der Waals surface area contributed by atoms with Crippen molar-refractivity contribution in [2.45, 2.75) is 12.5 Å². The average molecular weight is 172 g/mol. The minimum atomic E-state index is -4.22. The van der Waals surface area contributed by atoms with Crippen molar-refractivity contribution in [3.05, 3.63) is 35.4 Å². The minimum absolute atomic E-state index is 0.584. The van der Waals surface area contributed by atoms with Gasteiger partial charge in [-0.15, -0.1) is 0 Å². The Hall–Kier alpha value is -0.925. The van der Waals surface area contributed by atoms with Crippen molar-refractivity contribution in [3.63, 3.8) is 0 Å². The molecule has 0 aliphatic carbocycles. The molecular formula is C8H8BF3. The first kappa shape index (κ1) is 9.17. The number of rotatable bonds is 1. The SMILES string of the molecule is BCc1ccc(C(F)(F)F)cc1. The van der Waals surface area contributed by atoms with E-state index in [2.05, 4.69) is 0 Å². The van der Waals surface area contributed by atoms with Gasteiger partial charge < -0.3 is 0 Å². The molecule has 0 aromatic heterocycles. The second kappa shape index (κ2) is 3.21. The summed E-state index contributed by atoms with van der Waals surface area (Å²) in [6.45, 7) is 0. The molecule has 1 rings (SSSR count). The molecule has 1 aromatic carbocycles. The van der Waals surface area contributed by atoms with Crippen LogP contribution in [0.5, 0.6) is 0 Å². The van der Waals surface area contributed by atoms with E-state index in [9.17, 15) is 13.2 Å². The summed E-state index contributed by atoms with van der Waals surface area (Å²) in [5, 5.41) is 0. The summed E-state index contributed by atoms with van der Waals surface area (Å²) in [7, 11) is 1.91. The summed E-state index contributed by atoms with van der Waals surface area (Å²) < 4.78 is 36.1. The van der Waals surface area contributed by atoms with Crippen LogP contribution in [0.25, 0.3) is 0 Å². The minimum Gasteiger partial charge on any atom is -0.166 e. The summed E-state index contributed by atoms with van der Waals surface area (Å²) in [6, 6.07) is 5.23. The van der Waals surface area contributed by atoms with E-state index in [-0.39, 0.29) is 0 Å². The highest BCUT2D eigenvalue weighted by molar-refractivity contribution is 6.08. The van der Waals surface area contributed by atoms with E-state index < -0.39 is 11.7 Å². The van der Waals surface area contributed by atoms with Gasteiger partial charge in [0.1, 0.15) is 7.85 Å². The Kier molecular flexibility index (Phi) is 2.45. The third-order valence-electron chi connectivity index (χ3n) is 1.69. The topological polar surface area (TPSA) is 0 Å². The first-order valence-corrected chi connectivity index (χ1v) is 3.70.